The van der Waals surface area contributed by atoms with E-state index in [1.807, 2.05) is 6.07 Å². The van der Waals surface area contributed by atoms with E-state index in [0.29, 0.717) is 12.0 Å². The Morgan fingerprint density at radius 2 is 1.59 bits per heavy atom. The molecule has 196 valence electrons. The molecule has 0 aliphatic heterocycles. The maximum atomic E-state index is 13.7. The van der Waals surface area contributed by atoms with Gasteiger partial charge in [-0.25, -0.2) is 8.42 Å². The SMILES string of the molecule is NCc1ccc(S(=O)(=O)N(CC(=O)NCc2cccc(CCC(=O)O)c2)c2cccc(Cl)c2CN)cc1. The van der Waals surface area contributed by atoms with Gasteiger partial charge in [0.1, 0.15) is 6.54 Å². The minimum Gasteiger partial charge on any atom is -0.481 e. The predicted molar refractivity (Wildman–Crippen MR) is 142 cm³/mol. The number of nitrogens with one attached hydrogen (secondary N) is 1. The fourth-order valence-electron chi connectivity index (χ4n) is 3.74. The number of carbonyl (C=O) groups excluding carboxylic acids is 1. The first kappa shape index (κ1) is 28.1. The highest BCUT2D eigenvalue weighted by Gasteiger charge is 2.29. The lowest BCUT2D eigenvalue weighted by Crippen LogP contribution is -2.41. The average Bonchev–Trinajstić information content (AvgIpc) is 2.89. The van der Waals surface area contributed by atoms with Crippen molar-refractivity contribution in [2.75, 3.05) is 10.8 Å². The predicted octanol–water partition coefficient (Wildman–Crippen LogP) is 2.79. The third-order valence-corrected chi connectivity index (χ3v) is 7.84. The van der Waals surface area contributed by atoms with Gasteiger partial charge in [0, 0.05) is 36.6 Å². The number of carboxylic acid groups (broad SMARTS) is 1. The molecule has 37 heavy (non-hydrogen) atoms. The van der Waals surface area contributed by atoms with Gasteiger partial charge in [0.05, 0.1) is 10.6 Å². The summed E-state index contributed by atoms with van der Waals surface area (Å²) in [6.45, 7) is -0.140. The molecule has 6 N–H and O–H groups in total. The van der Waals surface area contributed by atoms with Crippen LogP contribution in [0.5, 0.6) is 0 Å². The van der Waals surface area contributed by atoms with Gasteiger partial charge in [0.2, 0.25) is 5.91 Å². The zero-order valence-electron chi connectivity index (χ0n) is 20.1. The maximum absolute atomic E-state index is 13.7. The summed E-state index contributed by atoms with van der Waals surface area (Å²) >= 11 is 6.29. The van der Waals surface area contributed by atoms with Crippen molar-refractivity contribution in [1.29, 1.82) is 0 Å². The van der Waals surface area contributed by atoms with Crippen LogP contribution in [0.15, 0.2) is 71.6 Å². The van der Waals surface area contributed by atoms with Crippen LogP contribution in [0, 0.1) is 0 Å². The van der Waals surface area contributed by atoms with Crippen molar-refractivity contribution >= 4 is 39.2 Å². The summed E-state index contributed by atoms with van der Waals surface area (Å²) < 4.78 is 28.3. The standard InChI is InChI=1S/C26H29ClN4O5S/c27-23-5-2-6-24(22(23)15-29)31(37(35,36)21-10-7-19(14-28)8-11-21)17-25(32)30-16-20-4-1-3-18(13-20)9-12-26(33)34/h1-8,10-11,13H,9,12,14-17,28-29H2,(H,30,32)(H,33,34). The molecule has 0 radical (unpaired) electrons. The zero-order chi connectivity index (χ0) is 27.0. The number of anilines is 1. The molecule has 0 unspecified atom stereocenters. The molecule has 0 aliphatic rings. The number of rotatable bonds is 12. The fraction of sp³-hybridized carbons (Fsp3) is 0.231. The second-order valence-electron chi connectivity index (χ2n) is 8.29. The largest absolute Gasteiger partial charge is 0.481 e. The van der Waals surface area contributed by atoms with Crippen LogP contribution in [0.4, 0.5) is 5.69 Å². The zero-order valence-corrected chi connectivity index (χ0v) is 21.6. The molecule has 0 fully saturated rings. The lowest BCUT2D eigenvalue weighted by Gasteiger charge is -2.26. The van der Waals surface area contributed by atoms with Gasteiger partial charge in [0.15, 0.2) is 0 Å². The van der Waals surface area contributed by atoms with E-state index in [4.69, 9.17) is 28.2 Å². The Bertz CT molecular complexity index is 1360. The van der Waals surface area contributed by atoms with Crippen molar-refractivity contribution in [3.8, 4) is 0 Å². The van der Waals surface area contributed by atoms with Gasteiger partial charge >= 0.3 is 5.97 Å². The lowest BCUT2D eigenvalue weighted by atomic mass is 10.1. The third-order valence-electron chi connectivity index (χ3n) is 5.71. The summed E-state index contributed by atoms with van der Waals surface area (Å²) in [5.74, 6) is -1.43. The average molecular weight is 545 g/mol. The van der Waals surface area contributed by atoms with E-state index in [2.05, 4.69) is 5.32 Å². The van der Waals surface area contributed by atoms with Crippen molar-refractivity contribution in [2.24, 2.45) is 11.5 Å². The number of benzene rings is 3. The van der Waals surface area contributed by atoms with Gasteiger partial charge in [-0.15, -0.1) is 0 Å². The molecule has 0 bridgehead atoms. The van der Waals surface area contributed by atoms with Crippen LogP contribution >= 0.6 is 11.6 Å². The molecule has 0 spiro atoms. The van der Waals surface area contributed by atoms with Crippen LogP contribution < -0.4 is 21.1 Å². The Morgan fingerprint density at radius 3 is 2.24 bits per heavy atom. The van der Waals surface area contributed by atoms with E-state index >= 15 is 0 Å². The molecule has 0 atom stereocenters. The van der Waals surface area contributed by atoms with Crippen LogP contribution in [0.25, 0.3) is 0 Å². The van der Waals surface area contributed by atoms with Crippen LogP contribution in [0.2, 0.25) is 5.02 Å². The minimum atomic E-state index is -4.17. The molecular formula is C26H29ClN4O5S. The molecule has 9 nitrogen and oxygen atoms in total. The van der Waals surface area contributed by atoms with E-state index in [0.717, 1.165) is 21.0 Å². The molecule has 11 heteroatoms. The molecule has 3 rings (SSSR count). The molecule has 3 aromatic carbocycles. The van der Waals surface area contributed by atoms with Gasteiger partial charge < -0.3 is 21.9 Å². The van der Waals surface area contributed by atoms with E-state index < -0.39 is 28.4 Å². The first-order valence-electron chi connectivity index (χ1n) is 11.5. The first-order chi connectivity index (χ1) is 17.6. The molecule has 0 heterocycles. The number of nitrogens with two attached hydrogens (primary N) is 2. The van der Waals surface area contributed by atoms with E-state index in [1.54, 1.807) is 48.5 Å². The topological polar surface area (TPSA) is 156 Å². The van der Waals surface area contributed by atoms with Crippen LogP contribution in [-0.2, 0) is 45.7 Å². The van der Waals surface area contributed by atoms with E-state index in [9.17, 15) is 18.0 Å². The van der Waals surface area contributed by atoms with Crippen molar-refractivity contribution in [2.45, 2.75) is 37.4 Å². The molecule has 0 saturated carbocycles. The summed E-state index contributed by atoms with van der Waals surface area (Å²) in [4.78, 5) is 23.8. The Morgan fingerprint density at radius 1 is 0.919 bits per heavy atom. The van der Waals surface area contributed by atoms with Crippen molar-refractivity contribution < 1.29 is 23.1 Å². The number of carbonyl (C=O) groups is 2. The van der Waals surface area contributed by atoms with Crippen LogP contribution in [0.3, 0.4) is 0 Å². The molecule has 0 aromatic heterocycles. The number of carboxylic acids is 1. The number of aliphatic carboxylic acids is 1. The van der Waals surface area contributed by atoms with Crippen LogP contribution in [0.1, 0.15) is 28.7 Å². The number of amides is 1. The normalized spacial score (nSPS) is 11.2. The van der Waals surface area contributed by atoms with E-state index in [-0.39, 0.29) is 41.7 Å². The number of nitrogens with zero attached hydrogens (tertiary/aromatic N) is 1. The second-order valence-corrected chi connectivity index (χ2v) is 10.6. The minimum absolute atomic E-state index is 0.00198. The summed E-state index contributed by atoms with van der Waals surface area (Å²) in [5, 5.41) is 11.9. The third kappa shape index (κ3) is 7.30. The van der Waals surface area contributed by atoms with Crippen molar-refractivity contribution in [1.82, 2.24) is 5.32 Å². The highest BCUT2D eigenvalue weighted by atomic mass is 35.5. The summed E-state index contributed by atoms with van der Waals surface area (Å²) in [6.07, 6.45) is 0.362. The van der Waals surface area contributed by atoms with E-state index in [1.165, 1.54) is 12.1 Å². The summed E-state index contributed by atoms with van der Waals surface area (Å²) in [6, 6.07) is 18.1. The highest BCUT2D eigenvalue weighted by Crippen LogP contribution is 2.31. The number of hydrogen-bond acceptors (Lipinski definition) is 6. The quantitative estimate of drug-likeness (QED) is 0.273. The number of sulfonamides is 1. The summed E-state index contributed by atoms with van der Waals surface area (Å²) in [5.41, 5.74) is 14.5. The van der Waals surface area contributed by atoms with Gasteiger partial charge in [-0.1, -0.05) is 54.1 Å². The molecule has 3 aromatic rings. The monoisotopic (exact) mass is 544 g/mol. The lowest BCUT2D eigenvalue weighted by molar-refractivity contribution is -0.137. The number of hydrogen-bond donors (Lipinski definition) is 4. The Balaban J connectivity index is 1.86. The van der Waals surface area contributed by atoms with Gasteiger partial charge in [-0.3, -0.25) is 13.9 Å². The Hall–Kier alpha value is -3.44. The summed E-state index contributed by atoms with van der Waals surface area (Å²) in [7, 11) is -4.17. The van der Waals surface area contributed by atoms with Gasteiger partial charge in [0.25, 0.3) is 10.0 Å². The van der Waals surface area contributed by atoms with Crippen molar-refractivity contribution in [3.05, 3.63) is 94.0 Å². The van der Waals surface area contributed by atoms with Crippen LogP contribution in [-0.4, -0.2) is 31.9 Å². The molecule has 0 aliphatic carbocycles. The molecular weight excluding hydrogens is 516 g/mol. The Kier molecular flexibility index (Phi) is 9.65. The first-order valence-corrected chi connectivity index (χ1v) is 13.3. The molecule has 0 saturated heterocycles. The molecule has 1 amide bonds. The number of aryl methyl sites for hydroxylation is 1. The highest BCUT2D eigenvalue weighted by molar-refractivity contribution is 7.92. The number of halogens is 1. The second kappa shape index (κ2) is 12.7. The Labute approximate surface area is 221 Å². The maximum Gasteiger partial charge on any atom is 0.303 e. The van der Waals surface area contributed by atoms with Gasteiger partial charge in [-0.2, -0.15) is 0 Å². The smallest absolute Gasteiger partial charge is 0.303 e. The van der Waals surface area contributed by atoms with Gasteiger partial charge in [-0.05, 0) is 47.4 Å². The van der Waals surface area contributed by atoms with Crippen molar-refractivity contribution in [3.63, 3.8) is 0 Å². The fourth-order valence-corrected chi connectivity index (χ4v) is 5.44.